The van der Waals surface area contributed by atoms with Crippen LogP contribution in [0.25, 0.3) is 0 Å². The Morgan fingerprint density at radius 2 is 1.50 bits per heavy atom. The molecule has 1 aromatic rings. The van der Waals surface area contributed by atoms with Crippen molar-refractivity contribution in [3.8, 4) is 5.75 Å². The minimum Gasteiger partial charge on any atom is -0.497 e. The molecule has 1 rings (SSSR count). The maximum Gasteiger partial charge on any atom is 0.333 e. The van der Waals surface area contributed by atoms with Crippen LogP contribution < -0.4 is 4.74 Å². The normalized spacial score (nSPS) is 16.1. The van der Waals surface area contributed by atoms with E-state index in [2.05, 4.69) is 61.6 Å². The molecule has 0 aliphatic rings. The van der Waals surface area contributed by atoms with E-state index < -0.39 is 28.7 Å². The number of hydrogen-bond donors (Lipinski definition) is 1. The van der Waals surface area contributed by atoms with Crippen LogP contribution in [0.1, 0.15) is 73.8 Å². The summed E-state index contributed by atoms with van der Waals surface area (Å²) in [7, 11) is -2.09. The molecule has 0 aromatic heterocycles. The van der Waals surface area contributed by atoms with Gasteiger partial charge in [0, 0.05) is 18.6 Å². The number of aliphatic carboxylic acids is 1. The summed E-state index contributed by atoms with van der Waals surface area (Å²) in [6.07, 6.45) is 0.691. The van der Waals surface area contributed by atoms with Gasteiger partial charge >= 0.3 is 5.97 Å². The molecule has 0 aliphatic heterocycles. The summed E-state index contributed by atoms with van der Waals surface area (Å²) >= 11 is 0. The summed E-state index contributed by atoms with van der Waals surface area (Å²) in [5.74, 6) is -0.0692. The minimum atomic E-state index is -1.87. The van der Waals surface area contributed by atoms with Crippen LogP contribution in [0.2, 0.25) is 36.3 Å². The monoisotopic (exact) mass is 568 g/mol. The van der Waals surface area contributed by atoms with Gasteiger partial charge in [-0.2, -0.15) is 0 Å². The first-order valence-corrected chi connectivity index (χ1v) is 19.9. The molecule has 220 valence electrons. The second kappa shape index (κ2) is 15.6. The predicted molar refractivity (Wildman–Crippen MR) is 162 cm³/mol. The first kappa shape index (κ1) is 34.8. The summed E-state index contributed by atoms with van der Waals surface area (Å²) in [5, 5.41) is 10.1. The lowest BCUT2D eigenvalue weighted by Crippen LogP contribution is -2.46. The number of rotatable bonds is 18. The van der Waals surface area contributed by atoms with Crippen LogP contribution in [0.15, 0.2) is 24.3 Å². The first-order valence-electron chi connectivity index (χ1n) is 14.4. The zero-order valence-electron chi connectivity index (χ0n) is 26.1. The summed E-state index contributed by atoms with van der Waals surface area (Å²) in [4.78, 5) is 12.1. The Balaban J connectivity index is 2.96. The molecule has 8 heteroatoms. The van der Waals surface area contributed by atoms with Gasteiger partial charge in [-0.15, -0.1) is 0 Å². The smallest absolute Gasteiger partial charge is 0.333 e. The molecule has 0 radical (unpaired) electrons. The lowest BCUT2D eigenvalue weighted by atomic mass is 9.93. The number of hydrogen-bond acceptors (Lipinski definition) is 5. The van der Waals surface area contributed by atoms with Gasteiger partial charge in [-0.05, 0) is 72.7 Å². The van der Waals surface area contributed by atoms with E-state index in [9.17, 15) is 9.90 Å². The van der Waals surface area contributed by atoms with Gasteiger partial charge in [0.15, 0.2) is 22.7 Å². The maximum absolute atomic E-state index is 12.1. The van der Waals surface area contributed by atoms with Crippen LogP contribution in [0.5, 0.6) is 5.75 Å². The van der Waals surface area contributed by atoms with E-state index in [1.165, 1.54) is 0 Å². The second-order valence-corrected chi connectivity index (χ2v) is 22.0. The molecule has 0 unspecified atom stereocenters. The molecule has 0 saturated heterocycles. The van der Waals surface area contributed by atoms with Gasteiger partial charge in [0.2, 0.25) is 0 Å². The highest BCUT2D eigenvalue weighted by molar-refractivity contribution is 6.74. The van der Waals surface area contributed by atoms with Gasteiger partial charge in [-0.25, -0.2) is 4.79 Å². The van der Waals surface area contributed by atoms with Crippen molar-refractivity contribution >= 4 is 22.6 Å². The average molecular weight is 569 g/mol. The summed E-state index contributed by atoms with van der Waals surface area (Å²) < 4.78 is 24.7. The van der Waals surface area contributed by atoms with E-state index in [1.807, 2.05) is 31.2 Å². The third kappa shape index (κ3) is 10.4. The van der Waals surface area contributed by atoms with Crippen molar-refractivity contribution in [2.45, 2.75) is 123 Å². The standard InChI is InChI=1S/C30H56O6Si2/c1-12-38(13-2,14-3)36-27(24(5)21-35-37(10,11)30(6,7)8)20-15-23(4)28(29(31)32)34-22-25-16-18-26(33-9)19-17-25/h16-19,23-24,27-28H,12-15,20-22H2,1-11H3,(H,31,32)/t23-,24+,27-,28-/m0/s1. The quantitative estimate of drug-likeness (QED) is 0.180. The SMILES string of the molecule is CC[Si](CC)(CC)O[C@@H](CC[C@H](C)[C@H](OCc1ccc(OC)cc1)C(=O)O)[C@H](C)CO[Si](C)(C)C(C)(C)C. The van der Waals surface area contributed by atoms with E-state index in [-0.39, 0.29) is 29.6 Å². The molecule has 6 nitrogen and oxygen atoms in total. The van der Waals surface area contributed by atoms with Crippen molar-refractivity contribution in [3.63, 3.8) is 0 Å². The predicted octanol–water partition coefficient (Wildman–Crippen LogP) is 8.13. The Hall–Kier alpha value is -1.20. The Labute approximate surface area is 235 Å². The molecule has 0 aliphatic carbocycles. The topological polar surface area (TPSA) is 74.2 Å². The van der Waals surface area contributed by atoms with Crippen LogP contribution in [-0.4, -0.2) is 53.6 Å². The summed E-state index contributed by atoms with van der Waals surface area (Å²) in [6.45, 7) is 23.3. The molecular formula is C30H56O6Si2. The zero-order valence-corrected chi connectivity index (χ0v) is 28.1. The molecule has 0 spiro atoms. The van der Waals surface area contributed by atoms with E-state index in [0.717, 1.165) is 42.3 Å². The van der Waals surface area contributed by atoms with Crippen molar-refractivity contribution in [3.05, 3.63) is 29.8 Å². The lowest BCUT2D eigenvalue weighted by Gasteiger charge is -2.40. The fourth-order valence-electron chi connectivity index (χ4n) is 4.41. The Bertz CT molecular complexity index is 809. The van der Waals surface area contributed by atoms with Crippen molar-refractivity contribution in [1.29, 1.82) is 0 Å². The van der Waals surface area contributed by atoms with E-state index in [1.54, 1.807) is 7.11 Å². The molecule has 38 heavy (non-hydrogen) atoms. The number of benzene rings is 1. The number of carbonyl (C=O) groups is 1. The van der Waals surface area contributed by atoms with Crippen molar-refractivity contribution in [2.75, 3.05) is 13.7 Å². The Kier molecular flexibility index (Phi) is 14.3. The molecule has 0 bridgehead atoms. The minimum absolute atomic E-state index is 0.0461. The molecule has 0 fully saturated rings. The summed E-state index contributed by atoms with van der Waals surface area (Å²) in [6, 6.07) is 10.8. The van der Waals surface area contributed by atoms with E-state index in [0.29, 0.717) is 6.61 Å². The Morgan fingerprint density at radius 1 is 0.947 bits per heavy atom. The highest BCUT2D eigenvalue weighted by Gasteiger charge is 2.39. The third-order valence-electron chi connectivity index (χ3n) is 8.74. The summed E-state index contributed by atoms with van der Waals surface area (Å²) in [5.41, 5.74) is 0.923. The highest BCUT2D eigenvalue weighted by Crippen LogP contribution is 2.37. The van der Waals surface area contributed by atoms with Crippen molar-refractivity contribution in [1.82, 2.24) is 0 Å². The first-order chi connectivity index (χ1) is 17.6. The maximum atomic E-state index is 12.1. The number of carboxylic acid groups (broad SMARTS) is 1. The molecule has 1 aromatic carbocycles. The van der Waals surface area contributed by atoms with Gasteiger partial charge in [-0.1, -0.05) is 67.5 Å². The third-order valence-corrected chi connectivity index (χ3v) is 17.9. The molecule has 0 heterocycles. The van der Waals surface area contributed by atoms with Gasteiger partial charge in [-0.3, -0.25) is 0 Å². The average Bonchev–Trinajstić information content (AvgIpc) is 2.87. The largest absolute Gasteiger partial charge is 0.497 e. The fraction of sp³-hybridized carbons (Fsp3) is 0.767. The fourth-order valence-corrected chi connectivity index (χ4v) is 8.51. The van der Waals surface area contributed by atoms with Crippen molar-refractivity contribution < 1.29 is 28.2 Å². The van der Waals surface area contributed by atoms with E-state index in [4.69, 9.17) is 18.3 Å². The highest BCUT2D eigenvalue weighted by atomic mass is 28.4. The van der Waals surface area contributed by atoms with Crippen LogP contribution in [0, 0.1) is 11.8 Å². The second-order valence-electron chi connectivity index (χ2n) is 12.4. The van der Waals surface area contributed by atoms with Crippen LogP contribution >= 0.6 is 0 Å². The molecular weight excluding hydrogens is 512 g/mol. The van der Waals surface area contributed by atoms with E-state index >= 15 is 0 Å². The van der Waals surface area contributed by atoms with Gasteiger partial charge in [0.1, 0.15) is 5.75 Å². The number of carboxylic acids is 1. The van der Waals surface area contributed by atoms with Crippen molar-refractivity contribution in [2.24, 2.45) is 11.8 Å². The molecule has 1 N–H and O–H groups in total. The van der Waals surface area contributed by atoms with Gasteiger partial charge < -0.3 is 23.4 Å². The zero-order chi connectivity index (χ0) is 29.1. The number of methoxy groups -OCH3 is 1. The van der Waals surface area contributed by atoms with Crippen LogP contribution in [-0.2, 0) is 25.0 Å². The Morgan fingerprint density at radius 3 is 1.95 bits per heavy atom. The molecule has 0 saturated carbocycles. The lowest BCUT2D eigenvalue weighted by molar-refractivity contribution is -0.155. The molecule has 0 amide bonds. The number of ether oxygens (including phenoxy) is 2. The molecule has 4 atom stereocenters. The van der Waals surface area contributed by atoms with Crippen LogP contribution in [0.3, 0.4) is 0 Å². The van der Waals surface area contributed by atoms with Gasteiger partial charge in [0.25, 0.3) is 0 Å². The van der Waals surface area contributed by atoms with Gasteiger partial charge in [0.05, 0.1) is 13.7 Å². The van der Waals surface area contributed by atoms with Crippen LogP contribution in [0.4, 0.5) is 0 Å².